The molecule has 8 heteroatoms. The van der Waals surface area contributed by atoms with Gasteiger partial charge < -0.3 is 10.6 Å². The summed E-state index contributed by atoms with van der Waals surface area (Å²) >= 11 is 0. The van der Waals surface area contributed by atoms with Crippen molar-refractivity contribution in [2.75, 3.05) is 19.6 Å². The van der Waals surface area contributed by atoms with Gasteiger partial charge in [0.1, 0.15) is 0 Å². The SMILES string of the molecule is Cl.NC1CCN(C(=O)CCNS(=O)(=O)c2ccc3ccccc3c2)CC1. The van der Waals surface area contributed by atoms with E-state index in [1.807, 2.05) is 24.3 Å². The van der Waals surface area contributed by atoms with Crippen LogP contribution in [0, 0.1) is 0 Å². The number of halogens is 1. The van der Waals surface area contributed by atoms with Gasteiger partial charge in [-0.1, -0.05) is 30.3 Å². The van der Waals surface area contributed by atoms with Crippen LogP contribution in [0.25, 0.3) is 10.8 Å². The van der Waals surface area contributed by atoms with Crippen LogP contribution in [-0.2, 0) is 14.8 Å². The maximum atomic E-state index is 12.4. The van der Waals surface area contributed by atoms with Gasteiger partial charge in [0, 0.05) is 32.1 Å². The highest BCUT2D eigenvalue weighted by Gasteiger charge is 2.21. The van der Waals surface area contributed by atoms with E-state index in [1.54, 1.807) is 23.1 Å². The fraction of sp³-hybridized carbons (Fsp3) is 0.389. The lowest BCUT2D eigenvalue weighted by Crippen LogP contribution is -2.43. The summed E-state index contributed by atoms with van der Waals surface area (Å²) in [6.07, 6.45) is 1.76. The molecule has 0 atom stereocenters. The summed E-state index contributed by atoms with van der Waals surface area (Å²) in [4.78, 5) is 14.1. The lowest BCUT2D eigenvalue weighted by Gasteiger charge is -2.30. The van der Waals surface area contributed by atoms with Gasteiger partial charge in [-0.15, -0.1) is 12.4 Å². The number of nitrogens with one attached hydrogen (secondary N) is 1. The quantitative estimate of drug-likeness (QED) is 0.805. The van der Waals surface area contributed by atoms with Crippen LogP contribution in [0.5, 0.6) is 0 Å². The number of likely N-dealkylation sites (tertiary alicyclic amines) is 1. The number of hydrogen-bond acceptors (Lipinski definition) is 4. The van der Waals surface area contributed by atoms with Crippen LogP contribution in [0.2, 0.25) is 0 Å². The highest BCUT2D eigenvalue weighted by atomic mass is 35.5. The zero-order chi connectivity index (χ0) is 17.9. The van der Waals surface area contributed by atoms with Crippen molar-refractivity contribution < 1.29 is 13.2 Å². The zero-order valence-electron chi connectivity index (χ0n) is 14.4. The van der Waals surface area contributed by atoms with Crippen molar-refractivity contribution in [1.82, 2.24) is 9.62 Å². The number of sulfonamides is 1. The minimum Gasteiger partial charge on any atom is -0.343 e. The third kappa shape index (κ3) is 4.94. The average Bonchev–Trinajstić information content (AvgIpc) is 2.61. The van der Waals surface area contributed by atoms with Gasteiger partial charge in [0.2, 0.25) is 15.9 Å². The molecule has 0 bridgehead atoms. The van der Waals surface area contributed by atoms with E-state index < -0.39 is 10.0 Å². The van der Waals surface area contributed by atoms with Crippen LogP contribution in [0.15, 0.2) is 47.4 Å². The maximum Gasteiger partial charge on any atom is 0.240 e. The topological polar surface area (TPSA) is 92.5 Å². The number of carbonyl (C=O) groups is 1. The van der Waals surface area contributed by atoms with E-state index in [1.165, 1.54) is 0 Å². The molecule has 0 radical (unpaired) electrons. The Morgan fingerprint density at radius 2 is 1.77 bits per heavy atom. The van der Waals surface area contributed by atoms with Gasteiger partial charge in [0.05, 0.1) is 4.90 Å². The molecule has 0 saturated carbocycles. The molecule has 142 valence electrons. The van der Waals surface area contributed by atoms with Crippen molar-refractivity contribution in [3.8, 4) is 0 Å². The summed E-state index contributed by atoms with van der Waals surface area (Å²) < 4.78 is 27.4. The number of nitrogens with zero attached hydrogens (tertiary/aromatic N) is 1. The number of carbonyl (C=O) groups excluding carboxylic acids is 1. The molecule has 1 aliphatic heterocycles. The molecule has 1 heterocycles. The molecule has 3 rings (SSSR count). The fourth-order valence-electron chi connectivity index (χ4n) is 3.02. The Morgan fingerprint density at radius 1 is 1.12 bits per heavy atom. The molecule has 2 aromatic carbocycles. The molecule has 1 fully saturated rings. The van der Waals surface area contributed by atoms with Crippen LogP contribution in [0.3, 0.4) is 0 Å². The molecule has 1 amide bonds. The van der Waals surface area contributed by atoms with Gasteiger partial charge in [-0.2, -0.15) is 0 Å². The van der Waals surface area contributed by atoms with Gasteiger partial charge >= 0.3 is 0 Å². The molecule has 2 aromatic rings. The number of rotatable bonds is 5. The summed E-state index contributed by atoms with van der Waals surface area (Å²) in [5.41, 5.74) is 5.83. The van der Waals surface area contributed by atoms with Crippen molar-refractivity contribution in [2.45, 2.75) is 30.2 Å². The monoisotopic (exact) mass is 397 g/mol. The van der Waals surface area contributed by atoms with Crippen molar-refractivity contribution in [2.24, 2.45) is 5.73 Å². The molecule has 3 N–H and O–H groups in total. The van der Waals surface area contributed by atoms with Crippen LogP contribution in [0.1, 0.15) is 19.3 Å². The van der Waals surface area contributed by atoms with Crippen LogP contribution in [0.4, 0.5) is 0 Å². The Bertz CT molecular complexity index is 865. The lowest BCUT2D eigenvalue weighted by molar-refractivity contribution is -0.132. The Morgan fingerprint density at radius 3 is 2.46 bits per heavy atom. The number of benzene rings is 2. The molecule has 0 aliphatic carbocycles. The van der Waals surface area contributed by atoms with Gasteiger partial charge in [0.15, 0.2) is 0 Å². The van der Waals surface area contributed by atoms with E-state index in [0.29, 0.717) is 13.1 Å². The van der Waals surface area contributed by atoms with Gasteiger partial charge in [0.25, 0.3) is 0 Å². The van der Waals surface area contributed by atoms with E-state index in [9.17, 15) is 13.2 Å². The molecule has 0 spiro atoms. The minimum absolute atomic E-state index is 0. The van der Waals surface area contributed by atoms with Crippen molar-refractivity contribution >= 4 is 39.1 Å². The van der Waals surface area contributed by atoms with E-state index in [4.69, 9.17) is 5.73 Å². The summed E-state index contributed by atoms with van der Waals surface area (Å²) in [7, 11) is -3.63. The van der Waals surface area contributed by atoms with Crippen LogP contribution >= 0.6 is 12.4 Å². The second kappa shape index (κ2) is 8.81. The van der Waals surface area contributed by atoms with Crippen LogP contribution < -0.4 is 10.5 Å². The maximum absolute atomic E-state index is 12.4. The highest BCUT2D eigenvalue weighted by Crippen LogP contribution is 2.18. The Labute approximate surface area is 160 Å². The van der Waals surface area contributed by atoms with E-state index in [2.05, 4.69) is 4.72 Å². The van der Waals surface area contributed by atoms with E-state index >= 15 is 0 Å². The van der Waals surface area contributed by atoms with E-state index in [-0.39, 0.29) is 42.2 Å². The first-order valence-electron chi connectivity index (χ1n) is 8.47. The molecule has 0 aromatic heterocycles. The normalized spacial score (nSPS) is 15.7. The summed E-state index contributed by atoms with van der Waals surface area (Å²) in [5, 5.41) is 1.85. The summed E-state index contributed by atoms with van der Waals surface area (Å²) in [5.74, 6) is -0.0342. The van der Waals surface area contributed by atoms with Crippen LogP contribution in [-0.4, -0.2) is 44.9 Å². The molecule has 26 heavy (non-hydrogen) atoms. The smallest absolute Gasteiger partial charge is 0.240 e. The molecule has 1 saturated heterocycles. The molecule has 6 nitrogen and oxygen atoms in total. The number of amides is 1. The number of nitrogens with two attached hydrogens (primary N) is 1. The van der Waals surface area contributed by atoms with Gasteiger partial charge in [-0.25, -0.2) is 13.1 Å². The molecule has 0 unspecified atom stereocenters. The lowest BCUT2D eigenvalue weighted by atomic mass is 10.1. The van der Waals surface area contributed by atoms with E-state index in [0.717, 1.165) is 23.6 Å². The fourth-order valence-corrected chi connectivity index (χ4v) is 4.08. The average molecular weight is 398 g/mol. The molecular weight excluding hydrogens is 374 g/mol. The minimum atomic E-state index is -3.63. The predicted octanol–water partition coefficient (Wildman–Crippen LogP) is 1.88. The second-order valence-electron chi connectivity index (χ2n) is 6.37. The first-order chi connectivity index (χ1) is 12.0. The number of hydrogen-bond donors (Lipinski definition) is 2. The standard InChI is InChI=1S/C18H23N3O3S.ClH/c19-16-8-11-21(12-9-16)18(22)7-10-20-25(23,24)17-6-5-14-3-1-2-4-15(14)13-17;/h1-6,13,16,20H,7-12,19H2;1H. The summed E-state index contributed by atoms with van der Waals surface area (Å²) in [6.45, 7) is 1.39. The molecule has 1 aliphatic rings. The number of fused-ring (bicyclic) bond motifs is 1. The largest absolute Gasteiger partial charge is 0.343 e. The molecular formula is C18H24ClN3O3S. The van der Waals surface area contributed by atoms with Gasteiger partial charge in [-0.3, -0.25) is 4.79 Å². The first-order valence-corrected chi connectivity index (χ1v) is 9.96. The Kier molecular flexibility index (Phi) is 7.00. The highest BCUT2D eigenvalue weighted by molar-refractivity contribution is 7.89. The first kappa shape index (κ1) is 20.6. The Hall–Kier alpha value is -1.67. The van der Waals surface area contributed by atoms with Crippen molar-refractivity contribution in [3.63, 3.8) is 0 Å². The Balaban J connectivity index is 0.00000243. The predicted molar refractivity (Wildman–Crippen MR) is 105 cm³/mol. The number of piperidine rings is 1. The second-order valence-corrected chi connectivity index (χ2v) is 8.14. The third-order valence-electron chi connectivity index (χ3n) is 4.55. The summed E-state index contributed by atoms with van der Waals surface area (Å²) in [6, 6.07) is 12.8. The van der Waals surface area contributed by atoms with Crippen molar-refractivity contribution in [1.29, 1.82) is 0 Å². The van der Waals surface area contributed by atoms with Gasteiger partial charge in [-0.05, 0) is 35.7 Å². The third-order valence-corrected chi connectivity index (χ3v) is 6.01. The van der Waals surface area contributed by atoms with Crippen molar-refractivity contribution in [3.05, 3.63) is 42.5 Å². The zero-order valence-corrected chi connectivity index (χ0v) is 16.1.